The molecule has 1 atom stereocenters. The first-order chi connectivity index (χ1) is 11.4. The summed E-state index contributed by atoms with van der Waals surface area (Å²) in [7, 11) is 0. The number of likely N-dealkylation sites (tertiary alicyclic amines) is 1. The number of hydrogen-bond donors (Lipinski definition) is 1. The summed E-state index contributed by atoms with van der Waals surface area (Å²) in [6.45, 7) is 8.12. The van der Waals surface area contributed by atoms with Crippen LogP contribution in [-0.4, -0.2) is 38.1 Å². The minimum Gasteiger partial charge on any atom is -0.382 e. The van der Waals surface area contributed by atoms with Crippen LogP contribution in [0.15, 0.2) is 24.4 Å². The van der Waals surface area contributed by atoms with Gasteiger partial charge in [-0.25, -0.2) is 9.07 Å². The number of aromatic nitrogens is 3. The van der Waals surface area contributed by atoms with Crippen LogP contribution in [0.4, 0.5) is 4.39 Å². The maximum atomic E-state index is 13.3. The smallest absolute Gasteiger partial charge is 0.123 e. The molecule has 1 aromatic carbocycles. The molecule has 2 heterocycles. The fraction of sp³-hybridized carbons (Fsp3) is 0.556. The molecule has 1 fully saturated rings. The molecule has 24 heavy (non-hydrogen) atoms. The summed E-state index contributed by atoms with van der Waals surface area (Å²) < 4.78 is 15.0. The Morgan fingerprint density at radius 1 is 1.38 bits per heavy atom. The van der Waals surface area contributed by atoms with Crippen molar-refractivity contribution in [1.82, 2.24) is 19.9 Å². The average molecular weight is 332 g/mol. The first-order valence-corrected chi connectivity index (χ1v) is 8.49. The molecule has 1 N–H and O–H groups in total. The van der Waals surface area contributed by atoms with Crippen LogP contribution in [0.2, 0.25) is 0 Å². The Balaban J connectivity index is 1.75. The van der Waals surface area contributed by atoms with Gasteiger partial charge in [-0.1, -0.05) is 11.3 Å². The molecule has 1 aliphatic rings. The van der Waals surface area contributed by atoms with Crippen molar-refractivity contribution in [2.45, 2.75) is 51.8 Å². The van der Waals surface area contributed by atoms with E-state index in [-0.39, 0.29) is 11.9 Å². The first-order valence-electron chi connectivity index (χ1n) is 8.49. The van der Waals surface area contributed by atoms with Gasteiger partial charge in [0.1, 0.15) is 17.1 Å². The van der Waals surface area contributed by atoms with E-state index in [4.69, 9.17) is 0 Å². The molecule has 0 amide bonds. The number of β-amino-alcohol motifs (C(OH)–C–C–N with tert-alkyl or cyclic N) is 1. The van der Waals surface area contributed by atoms with Crippen molar-refractivity contribution in [2.75, 3.05) is 13.1 Å². The zero-order valence-corrected chi connectivity index (χ0v) is 14.5. The number of halogens is 1. The summed E-state index contributed by atoms with van der Waals surface area (Å²) in [4.78, 5) is 2.21. The van der Waals surface area contributed by atoms with Crippen LogP contribution in [0.3, 0.4) is 0 Å². The van der Waals surface area contributed by atoms with Gasteiger partial charge >= 0.3 is 0 Å². The summed E-state index contributed by atoms with van der Waals surface area (Å²) in [5.74, 6) is -0.211. The van der Waals surface area contributed by atoms with E-state index in [1.54, 1.807) is 10.7 Å². The lowest BCUT2D eigenvalue weighted by molar-refractivity contribution is -0.0415. The summed E-state index contributed by atoms with van der Waals surface area (Å²) >= 11 is 0. The van der Waals surface area contributed by atoms with Gasteiger partial charge in [-0.3, -0.25) is 4.90 Å². The number of hydrogen-bond acceptors (Lipinski definition) is 4. The number of nitrogens with zero attached hydrogens (tertiary/aromatic N) is 4. The molecular formula is C18H25FN4O. The van der Waals surface area contributed by atoms with Crippen LogP contribution in [-0.2, 0) is 12.1 Å². The molecule has 130 valence electrons. The summed E-state index contributed by atoms with van der Waals surface area (Å²) in [6, 6.07) is 5.09. The highest BCUT2D eigenvalue weighted by Gasteiger charge is 2.37. The van der Waals surface area contributed by atoms with Crippen molar-refractivity contribution in [3.05, 3.63) is 47.0 Å². The van der Waals surface area contributed by atoms with Gasteiger partial charge in [0.15, 0.2) is 0 Å². The third-order valence-corrected chi connectivity index (χ3v) is 4.76. The van der Waals surface area contributed by atoms with E-state index in [2.05, 4.69) is 15.2 Å². The van der Waals surface area contributed by atoms with Crippen LogP contribution in [0.5, 0.6) is 0 Å². The van der Waals surface area contributed by atoms with Gasteiger partial charge in [0.05, 0.1) is 6.20 Å². The van der Waals surface area contributed by atoms with E-state index in [9.17, 15) is 9.50 Å². The standard InChI is InChI=1S/C18H25FN4O/c1-13(2)23-11-17(20-21-23)18(24)7-4-8-22(12-18)10-15-5-6-16(19)9-14(15)3/h5-6,9,11,13,24H,4,7-8,10,12H2,1-3H3/t18-/m0/s1. The number of aryl methyl sites for hydroxylation is 1. The monoisotopic (exact) mass is 332 g/mol. The number of rotatable bonds is 4. The van der Waals surface area contributed by atoms with Crippen molar-refractivity contribution in [3.63, 3.8) is 0 Å². The second-order valence-electron chi connectivity index (χ2n) is 7.09. The van der Waals surface area contributed by atoms with E-state index in [1.807, 2.05) is 33.0 Å². The van der Waals surface area contributed by atoms with Gasteiger partial charge in [-0.05, 0) is 63.4 Å². The normalized spacial score (nSPS) is 22.2. The molecular weight excluding hydrogens is 307 g/mol. The first kappa shape index (κ1) is 17.0. The molecule has 0 spiro atoms. The van der Waals surface area contributed by atoms with Crippen LogP contribution in [0.25, 0.3) is 0 Å². The Morgan fingerprint density at radius 2 is 2.17 bits per heavy atom. The molecule has 0 saturated carbocycles. The Morgan fingerprint density at radius 3 is 2.83 bits per heavy atom. The van der Waals surface area contributed by atoms with E-state index in [0.717, 1.165) is 24.1 Å². The van der Waals surface area contributed by atoms with Crippen LogP contribution in [0, 0.1) is 12.7 Å². The number of aliphatic hydroxyl groups is 1. The van der Waals surface area contributed by atoms with E-state index >= 15 is 0 Å². The maximum Gasteiger partial charge on any atom is 0.123 e. The molecule has 0 aliphatic carbocycles. The van der Waals surface area contributed by atoms with Gasteiger partial charge in [-0.2, -0.15) is 0 Å². The highest BCUT2D eigenvalue weighted by Crippen LogP contribution is 2.31. The molecule has 0 unspecified atom stereocenters. The molecule has 0 bridgehead atoms. The lowest BCUT2D eigenvalue weighted by Gasteiger charge is -2.38. The fourth-order valence-electron chi connectivity index (χ4n) is 3.29. The SMILES string of the molecule is Cc1cc(F)ccc1CN1CCC[C@@](O)(c2cn(C(C)C)nn2)C1. The van der Waals surface area contributed by atoms with Gasteiger partial charge in [0.25, 0.3) is 0 Å². The fourth-order valence-corrected chi connectivity index (χ4v) is 3.29. The second-order valence-corrected chi connectivity index (χ2v) is 7.09. The van der Waals surface area contributed by atoms with Gasteiger partial charge < -0.3 is 5.11 Å². The number of benzene rings is 1. The van der Waals surface area contributed by atoms with Crippen molar-refractivity contribution < 1.29 is 9.50 Å². The Bertz CT molecular complexity index is 715. The second kappa shape index (κ2) is 6.61. The zero-order valence-electron chi connectivity index (χ0n) is 14.5. The quantitative estimate of drug-likeness (QED) is 0.935. The van der Waals surface area contributed by atoms with Crippen molar-refractivity contribution in [2.24, 2.45) is 0 Å². The molecule has 2 aromatic rings. The van der Waals surface area contributed by atoms with Gasteiger partial charge in [0.2, 0.25) is 0 Å². The largest absolute Gasteiger partial charge is 0.382 e. The Hall–Kier alpha value is -1.79. The third kappa shape index (κ3) is 3.49. The number of piperidine rings is 1. The van der Waals surface area contributed by atoms with Gasteiger partial charge in [0, 0.05) is 19.1 Å². The van der Waals surface area contributed by atoms with E-state index < -0.39 is 5.60 Å². The summed E-state index contributed by atoms with van der Waals surface area (Å²) in [6.07, 6.45) is 3.42. The third-order valence-electron chi connectivity index (χ3n) is 4.76. The highest BCUT2D eigenvalue weighted by molar-refractivity contribution is 5.26. The van der Waals surface area contributed by atoms with Crippen LogP contribution < -0.4 is 0 Å². The molecule has 0 radical (unpaired) electrons. The van der Waals surface area contributed by atoms with Crippen molar-refractivity contribution in [1.29, 1.82) is 0 Å². The molecule has 1 saturated heterocycles. The Labute approximate surface area is 142 Å². The minimum atomic E-state index is -0.973. The average Bonchev–Trinajstić information content (AvgIpc) is 3.01. The molecule has 1 aliphatic heterocycles. The predicted molar refractivity (Wildman–Crippen MR) is 90.0 cm³/mol. The van der Waals surface area contributed by atoms with Crippen molar-refractivity contribution >= 4 is 0 Å². The maximum absolute atomic E-state index is 13.3. The molecule has 5 nitrogen and oxygen atoms in total. The predicted octanol–water partition coefficient (Wildman–Crippen LogP) is 2.79. The van der Waals surface area contributed by atoms with Crippen molar-refractivity contribution in [3.8, 4) is 0 Å². The van der Waals surface area contributed by atoms with E-state index in [1.165, 1.54) is 6.07 Å². The minimum absolute atomic E-state index is 0.211. The lowest BCUT2D eigenvalue weighted by Crippen LogP contribution is -2.46. The molecule has 3 rings (SSSR count). The van der Waals surface area contributed by atoms with Crippen LogP contribution >= 0.6 is 0 Å². The van der Waals surface area contributed by atoms with Crippen LogP contribution in [0.1, 0.15) is 49.6 Å². The topological polar surface area (TPSA) is 54.2 Å². The van der Waals surface area contributed by atoms with Gasteiger partial charge in [-0.15, -0.1) is 5.10 Å². The summed E-state index contributed by atoms with van der Waals surface area (Å²) in [5.41, 5.74) is 1.69. The summed E-state index contributed by atoms with van der Waals surface area (Å²) in [5, 5.41) is 19.4. The zero-order chi connectivity index (χ0) is 17.3. The highest BCUT2D eigenvalue weighted by atomic mass is 19.1. The molecule has 1 aromatic heterocycles. The lowest BCUT2D eigenvalue weighted by atomic mass is 9.89. The van der Waals surface area contributed by atoms with E-state index in [0.29, 0.717) is 25.2 Å². The molecule has 6 heteroatoms. The Kier molecular flexibility index (Phi) is 4.69.